The third-order valence-electron chi connectivity index (χ3n) is 3.99. The highest BCUT2D eigenvalue weighted by molar-refractivity contribution is 5.92. The zero-order valence-electron chi connectivity index (χ0n) is 13.5. The highest BCUT2D eigenvalue weighted by Crippen LogP contribution is 2.11. The van der Waals surface area contributed by atoms with Gasteiger partial charge in [0.15, 0.2) is 0 Å². The van der Waals surface area contributed by atoms with Gasteiger partial charge in [0.2, 0.25) is 11.8 Å². The van der Waals surface area contributed by atoms with Crippen LogP contribution in [0.3, 0.4) is 0 Å². The summed E-state index contributed by atoms with van der Waals surface area (Å²) in [6, 6.07) is 9.68. The Hall–Kier alpha value is -1.92. The number of hydrogen-bond acceptors (Lipinski definition) is 4. The quantitative estimate of drug-likeness (QED) is 0.698. The number of nitrogens with one attached hydrogen (secondary N) is 2. The van der Waals surface area contributed by atoms with Gasteiger partial charge in [0.25, 0.3) is 0 Å². The molecule has 0 saturated carbocycles. The van der Waals surface area contributed by atoms with E-state index in [-0.39, 0.29) is 17.9 Å². The van der Waals surface area contributed by atoms with Crippen LogP contribution < -0.4 is 16.4 Å². The molecule has 1 fully saturated rings. The van der Waals surface area contributed by atoms with Crippen molar-refractivity contribution in [2.24, 2.45) is 5.73 Å². The molecule has 6 nitrogen and oxygen atoms in total. The predicted molar refractivity (Wildman–Crippen MR) is 91.0 cm³/mol. The average molecular weight is 318 g/mol. The maximum Gasteiger partial charge on any atom is 0.238 e. The van der Waals surface area contributed by atoms with Crippen molar-refractivity contribution in [2.45, 2.75) is 31.7 Å². The number of rotatable bonds is 7. The van der Waals surface area contributed by atoms with Gasteiger partial charge in [0.05, 0.1) is 6.54 Å². The lowest BCUT2D eigenvalue weighted by Gasteiger charge is -2.31. The molecule has 0 radical (unpaired) electrons. The van der Waals surface area contributed by atoms with E-state index in [0.717, 1.165) is 38.0 Å². The number of likely N-dealkylation sites (tertiary alicyclic amines) is 1. The van der Waals surface area contributed by atoms with E-state index >= 15 is 0 Å². The molecule has 0 unspecified atom stereocenters. The Bertz CT molecular complexity index is 499. The van der Waals surface area contributed by atoms with Crippen molar-refractivity contribution < 1.29 is 9.59 Å². The Kier molecular flexibility index (Phi) is 7.03. The van der Waals surface area contributed by atoms with E-state index in [2.05, 4.69) is 15.5 Å². The van der Waals surface area contributed by atoms with Gasteiger partial charge in [-0.25, -0.2) is 0 Å². The minimum atomic E-state index is 0.00151. The SMILES string of the molecule is NCCCC(=O)NC1CCN(CC(=O)Nc2ccccc2)CC1. The standard InChI is InChI=1S/C17H26N4O2/c18-10-4-7-16(22)19-15-8-11-21(12-9-15)13-17(23)20-14-5-2-1-3-6-14/h1-3,5-6,15H,4,7-13,18H2,(H,19,22)(H,20,23). The molecular formula is C17H26N4O2. The van der Waals surface area contributed by atoms with Crippen LogP contribution in [0.1, 0.15) is 25.7 Å². The monoisotopic (exact) mass is 318 g/mol. The zero-order valence-corrected chi connectivity index (χ0v) is 13.5. The first-order chi connectivity index (χ1) is 11.2. The fourth-order valence-electron chi connectivity index (χ4n) is 2.72. The second-order valence-electron chi connectivity index (χ2n) is 5.92. The van der Waals surface area contributed by atoms with E-state index in [9.17, 15) is 9.59 Å². The molecule has 23 heavy (non-hydrogen) atoms. The van der Waals surface area contributed by atoms with Crippen LogP contribution in [-0.4, -0.2) is 48.9 Å². The molecule has 1 aromatic rings. The van der Waals surface area contributed by atoms with Crippen LogP contribution in [0.5, 0.6) is 0 Å². The van der Waals surface area contributed by atoms with Crippen molar-refractivity contribution in [3.05, 3.63) is 30.3 Å². The summed E-state index contributed by atoms with van der Waals surface area (Å²) in [4.78, 5) is 25.8. The van der Waals surface area contributed by atoms with Gasteiger partial charge in [-0.05, 0) is 37.9 Å². The van der Waals surface area contributed by atoms with Crippen molar-refractivity contribution in [1.29, 1.82) is 0 Å². The molecular weight excluding hydrogens is 292 g/mol. The fourth-order valence-corrected chi connectivity index (χ4v) is 2.72. The summed E-state index contributed by atoms with van der Waals surface area (Å²) in [5.41, 5.74) is 6.22. The number of nitrogens with two attached hydrogens (primary N) is 1. The van der Waals surface area contributed by atoms with Crippen molar-refractivity contribution in [3.8, 4) is 0 Å². The van der Waals surface area contributed by atoms with Crippen LogP contribution >= 0.6 is 0 Å². The van der Waals surface area contributed by atoms with Crippen LogP contribution in [0.4, 0.5) is 5.69 Å². The third-order valence-corrected chi connectivity index (χ3v) is 3.99. The Morgan fingerprint density at radius 2 is 1.83 bits per heavy atom. The molecule has 1 saturated heterocycles. The third kappa shape index (κ3) is 6.38. The van der Waals surface area contributed by atoms with Gasteiger partial charge in [0.1, 0.15) is 0 Å². The Balaban J connectivity index is 1.66. The van der Waals surface area contributed by atoms with E-state index in [4.69, 9.17) is 5.73 Å². The van der Waals surface area contributed by atoms with Crippen LogP contribution in [0.15, 0.2) is 30.3 Å². The van der Waals surface area contributed by atoms with E-state index in [0.29, 0.717) is 19.5 Å². The van der Waals surface area contributed by atoms with E-state index in [1.54, 1.807) is 0 Å². The molecule has 1 aliphatic rings. The predicted octanol–water partition coefficient (Wildman–Crippen LogP) is 0.945. The first-order valence-electron chi connectivity index (χ1n) is 8.24. The summed E-state index contributed by atoms with van der Waals surface area (Å²) in [5.74, 6) is 0.0809. The number of anilines is 1. The van der Waals surface area contributed by atoms with Crippen molar-refractivity contribution in [3.63, 3.8) is 0 Å². The molecule has 0 spiro atoms. The number of para-hydroxylation sites is 1. The van der Waals surface area contributed by atoms with Crippen LogP contribution in [0.2, 0.25) is 0 Å². The number of nitrogens with zero attached hydrogens (tertiary/aromatic N) is 1. The molecule has 0 aliphatic carbocycles. The van der Waals surface area contributed by atoms with Crippen LogP contribution in [0, 0.1) is 0 Å². The molecule has 126 valence electrons. The fraction of sp³-hybridized carbons (Fsp3) is 0.529. The molecule has 4 N–H and O–H groups in total. The lowest BCUT2D eigenvalue weighted by Crippen LogP contribution is -2.46. The number of hydrogen-bond donors (Lipinski definition) is 3. The highest BCUT2D eigenvalue weighted by Gasteiger charge is 2.21. The summed E-state index contributed by atoms with van der Waals surface area (Å²) >= 11 is 0. The minimum absolute atomic E-state index is 0.00151. The first-order valence-corrected chi connectivity index (χ1v) is 8.24. The van der Waals surface area contributed by atoms with Crippen molar-refractivity contribution in [2.75, 3.05) is 31.5 Å². The van der Waals surface area contributed by atoms with Gasteiger partial charge in [-0.15, -0.1) is 0 Å². The van der Waals surface area contributed by atoms with E-state index < -0.39 is 0 Å². The molecule has 6 heteroatoms. The minimum Gasteiger partial charge on any atom is -0.353 e. The molecule has 1 aliphatic heterocycles. The van der Waals surface area contributed by atoms with Gasteiger partial charge in [-0.2, -0.15) is 0 Å². The number of amides is 2. The van der Waals surface area contributed by atoms with Gasteiger partial charge in [0, 0.05) is 31.2 Å². The summed E-state index contributed by atoms with van der Waals surface area (Å²) < 4.78 is 0. The summed E-state index contributed by atoms with van der Waals surface area (Å²) in [7, 11) is 0. The number of carbonyl (C=O) groups is 2. The van der Waals surface area contributed by atoms with Gasteiger partial charge >= 0.3 is 0 Å². The molecule has 1 heterocycles. The first kappa shape index (κ1) is 17.4. The smallest absolute Gasteiger partial charge is 0.238 e. The van der Waals surface area contributed by atoms with Gasteiger partial charge in [-0.1, -0.05) is 18.2 Å². The lowest BCUT2D eigenvalue weighted by molar-refractivity contribution is -0.122. The molecule has 1 aromatic carbocycles. The topological polar surface area (TPSA) is 87.5 Å². The molecule has 0 bridgehead atoms. The largest absolute Gasteiger partial charge is 0.353 e. The normalized spacial score (nSPS) is 16.0. The Morgan fingerprint density at radius 1 is 1.13 bits per heavy atom. The van der Waals surface area contributed by atoms with E-state index in [1.165, 1.54) is 0 Å². The average Bonchev–Trinajstić information content (AvgIpc) is 2.55. The van der Waals surface area contributed by atoms with Crippen LogP contribution in [-0.2, 0) is 9.59 Å². The number of piperidine rings is 1. The number of carbonyl (C=O) groups excluding carboxylic acids is 2. The summed E-state index contributed by atoms with van der Waals surface area (Å²) in [5, 5.41) is 5.94. The molecule has 2 rings (SSSR count). The van der Waals surface area contributed by atoms with Gasteiger partial charge < -0.3 is 16.4 Å². The molecule has 2 amide bonds. The Labute approximate surface area is 137 Å². The highest BCUT2D eigenvalue weighted by atomic mass is 16.2. The van der Waals surface area contributed by atoms with Crippen molar-refractivity contribution in [1.82, 2.24) is 10.2 Å². The second kappa shape index (κ2) is 9.27. The van der Waals surface area contributed by atoms with E-state index in [1.807, 2.05) is 30.3 Å². The van der Waals surface area contributed by atoms with Crippen molar-refractivity contribution >= 4 is 17.5 Å². The maximum atomic E-state index is 12.0. The Morgan fingerprint density at radius 3 is 2.48 bits per heavy atom. The zero-order chi connectivity index (χ0) is 16.5. The molecule has 0 aromatic heterocycles. The molecule has 0 atom stereocenters. The van der Waals surface area contributed by atoms with Gasteiger partial charge in [-0.3, -0.25) is 14.5 Å². The lowest BCUT2D eigenvalue weighted by atomic mass is 10.0. The summed E-state index contributed by atoms with van der Waals surface area (Å²) in [6.07, 6.45) is 2.99. The number of benzene rings is 1. The second-order valence-corrected chi connectivity index (χ2v) is 5.92. The summed E-state index contributed by atoms with van der Waals surface area (Å²) in [6.45, 7) is 2.58. The van der Waals surface area contributed by atoms with Crippen LogP contribution in [0.25, 0.3) is 0 Å². The maximum absolute atomic E-state index is 12.0.